The predicted octanol–water partition coefficient (Wildman–Crippen LogP) is 1.98. The minimum Gasteiger partial charge on any atom is -0.508 e. The molecule has 8 heteroatoms. The van der Waals surface area contributed by atoms with Gasteiger partial charge in [0.2, 0.25) is 0 Å². The Kier molecular flexibility index (Phi) is 5.20. The van der Waals surface area contributed by atoms with E-state index in [0.29, 0.717) is 5.69 Å². The van der Waals surface area contributed by atoms with E-state index in [-0.39, 0.29) is 17.2 Å². The van der Waals surface area contributed by atoms with E-state index in [0.717, 1.165) is 5.56 Å². The van der Waals surface area contributed by atoms with E-state index in [1.165, 1.54) is 24.3 Å². The van der Waals surface area contributed by atoms with Crippen LogP contribution in [0.1, 0.15) is 5.56 Å². The van der Waals surface area contributed by atoms with Crippen LogP contribution < -0.4 is 5.32 Å². The van der Waals surface area contributed by atoms with Crippen molar-refractivity contribution < 1.29 is 27.5 Å². The van der Waals surface area contributed by atoms with Gasteiger partial charge in [0.25, 0.3) is 0 Å². The van der Waals surface area contributed by atoms with Gasteiger partial charge in [-0.15, -0.1) is 0 Å². The Bertz CT molecular complexity index is 769. The lowest BCUT2D eigenvalue weighted by Crippen LogP contribution is -2.19. The van der Waals surface area contributed by atoms with Crippen LogP contribution >= 0.6 is 0 Å². The largest absolute Gasteiger partial charge is 0.508 e. The van der Waals surface area contributed by atoms with Crippen molar-refractivity contribution in [2.24, 2.45) is 0 Å². The van der Waals surface area contributed by atoms with Gasteiger partial charge in [-0.05, 0) is 47.7 Å². The lowest BCUT2D eigenvalue weighted by atomic mass is 10.2. The summed E-state index contributed by atoms with van der Waals surface area (Å²) in [4.78, 5) is 15.7. The SMILES string of the molecule is Cc1ccc(S(=O)(=O)OOC(=O)CNc2ccc(O)cc2)cc1. The summed E-state index contributed by atoms with van der Waals surface area (Å²) >= 11 is 0. The predicted molar refractivity (Wildman–Crippen MR) is 82.1 cm³/mol. The zero-order valence-electron chi connectivity index (χ0n) is 12.2. The second-order valence-corrected chi connectivity index (χ2v) is 6.21. The Morgan fingerprint density at radius 2 is 1.70 bits per heavy atom. The van der Waals surface area contributed by atoms with Crippen molar-refractivity contribution in [1.29, 1.82) is 0 Å². The van der Waals surface area contributed by atoms with Gasteiger partial charge in [-0.3, -0.25) is 4.89 Å². The fourth-order valence-electron chi connectivity index (χ4n) is 1.61. The summed E-state index contributed by atoms with van der Waals surface area (Å²) in [5.74, 6) is -0.820. The van der Waals surface area contributed by atoms with Crippen LogP contribution in [0, 0.1) is 6.92 Å². The van der Waals surface area contributed by atoms with Crippen molar-refractivity contribution in [2.45, 2.75) is 11.8 Å². The molecule has 2 aromatic carbocycles. The topological polar surface area (TPSA) is 102 Å². The standard InChI is InChI=1S/C15H15NO6S/c1-11-2-8-14(9-3-11)23(19,20)22-21-15(18)10-16-12-4-6-13(17)7-5-12/h2-9,16-17H,10H2,1H3. The van der Waals surface area contributed by atoms with Crippen LogP contribution in [-0.4, -0.2) is 26.0 Å². The van der Waals surface area contributed by atoms with Gasteiger partial charge in [0.05, 0.1) is 4.90 Å². The first kappa shape index (κ1) is 16.8. The number of carbonyl (C=O) groups is 1. The van der Waals surface area contributed by atoms with Crippen LogP contribution in [-0.2, 0) is 24.1 Å². The van der Waals surface area contributed by atoms with Crippen LogP contribution in [0.15, 0.2) is 53.4 Å². The van der Waals surface area contributed by atoms with E-state index in [1.54, 1.807) is 24.3 Å². The Hall–Kier alpha value is -2.58. The highest BCUT2D eigenvalue weighted by atomic mass is 32.2. The number of phenolic OH excluding ortho intramolecular Hbond substituents is 1. The molecule has 0 unspecified atom stereocenters. The first-order valence-corrected chi connectivity index (χ1v) is 8.01. The zero-order valence-corrected chi connectivity index (χ0v) is 13.0. The quantitative estimate of drug-likeness (QED) is 0.472. The Morgan fingerprint density at radius 1 is 1.09 bits per heavy atom. The number of rotatable bonds is 6. The fraction of sp³-hybridized carbons (Fsp3) is 0.133. The molecule has 0 amide bonds. The summed E-state index contributed by atoms with van der Waals surface area (Å²) in [6.45, 7) is 1.51. The maximum absolute atomic E-state index is 11.8. The minimum atomic E-state index is -4.16. The molecule has 0 radical (unpaired) electrons. The average Bonchev–Trinajstić information content (AvgIpc) is 2.53. The molecule has 122 valence electrons. The first-order valence-electron chi connectivity index (χ1n) is 6.60. The average molecular weight is 337 g/mol. The molecular formula is C15H15NO6S. The van der Waals surface area contributed by atoms with E-state index in [9.17, 15) is 13.2 Å². The molecule has 0 aromatic heterocycles. The fourth-order valence-corrected chi connectivity index (χ4v) is 2.32. The Morgan fingerprint density at radius 3 is 2.30 bits per heavy atom. The molecule has 0 atom stereocenters. The lowest BCUT2D eigenvalue weighted by molar-refractivity contribution is -0.208. The molecule has 2 N–H and O–H groups in total. The highest BCUT2D eigenvalue weighted by molar-refractivity contribution is 7.86. The van der Waals surface area contributed by atoms with Crippen LogP contribution in [0.3, 0.4) is 0 Å². The molecule has 0 spiro atoms. The van der Waals surface area contributed by atoms with Crippen molar-refractivity contribution in [1.82, 2.24) is 0 Å². The van der Waals surface area contributed by atoms with Gasteiger partial charge in [0.1, 0.15) is 12.3 Å². The van der Waals surface area contributed by atoms with E-state index in [2.05, 4.69) is 14.5 Å². The molecule has 0 saturated heterocycles. The summed E-state index contributed by atoms with van der Waals surface area (Å²) in [6.07, 6.45) is 0. The van der Waals surface area contributed by atoms with Gasteiger partial charge in [0.15, 0.2) is 0 Å². The second kappa shape index (κ2) is 7.12. The van der Waals surface area contributed by atoms with Gasteiger partial charge in [0, 0.05) is 5.69 Å². The van der Waals surface area contributed by atoms with Crippen LogP contribution in [0.4, 0.5) is 5.69 Å². The second-order valence-electron chi connectivity index (χ2n) is 4.69. The van der Waals surface area contributed by atoms with Crippen molar-refractivity contribution in [3.63, 3.8) is 0 Å². The third-order valence-electron chi connectivity index (χ3n) is 2.83. The summed E-state index contributed by atoms with van der Waals surface area (Å²) in [6, 6.07) is 11.9. The Balaban J connectivity index is 1.86. The Labute approximate surface area is 133 Å². The number of aromatic hydroxyl groups is 1. The van der Waals surface area contributed by atoms with Gasteiger partial charge in [-0.25, -0.2) is 4.79 Å². The number of hydrogen-bond acceptors (Lipinski definition) is 7. The third-order valence-corrected chi connectivity index (χ3v) is 3.93. The number of aryl methyl sites for hydroxylation is 1. The number of hydrogen-bond donors (Lipinski definition) is 2. The molecule has 2 rings (SSSR count). The number of phenols is 1. The van der Waals surface area contributed by atoms with Crippen molar-refractivity contribution in [3.05, 3.63) is 54.1 Å². The lowest BCUT2D eigenvalue weighted by Gasteiger charge is -2.07. The van der Waals surface area contributed by atoms with Crippen molar-refractivity contribution in [3.8, 4) is 5.75 Å². The summed E-state index contributed by atoms with van der Waals surface area (Å²) in [7, 11) is -4.16. The summed E-state index contributed by atoms with van der Waals surface area (Å²) in [5.41, 5.74) is 1.44. The molecule has 0 aliphatic carbocycles. The van der Waals surface area contributed by atoms with E-state index < -0.39 is 16.1 Å². The maximum atomic E-state index is 11.8. The van der Waals surface area contributed by atoms with Crippen molar-refractivity contribution in [2.75, 3.05) is 11.9 Å². The van der Waals surface area contributed by atoms with Crippen LogP contribution in [0.25, 0.3) is 0 Å². The molecule has 2 aromatic rings. The minimum absolute atomic E-state index is 0.0886. The van der Waals surface area contributed by atoms with Crippen LogP contribution in [0.5, 0.6) is 5.75 Å². The smallest absolute Gasteiger partial charge is 0.362 e. The number of nitrogens with one attached hydrogen (secondary N) is 1. The van der Waals surface area contributed by atoms with Gasteiger partial charge < -0.3 is 10.4 Å². The molecule has 23 heavy (non-hydrogen) atoms. The highest BCUT2D eigenvalue weighted by Gasteiger charge is 2.18. The number of carbonyl (C=O) groups excluding carboxylic acids is 1. The van der Waals surface area contributed by atoms with Gasteiger partial charge >= 0.3 is 16.1 Å². The van der Waals surface area contributed by atoms with Gasteiger partial charge in [-0.2, -0.15) is 8.42 Å². The van der Waals surface area contributed by atoms with Gasteiger partial charge in [-0.1, -0.05) is 17.7 Å². The van der Waals surface area contributed by atoms with Crippen molar-refractivity contribution >= 4 is 21.8 Å². The summed E-state index contributed by atoms with van der Waals surface area (Å²) in [5, 5.41) is 11.8. The highest BCUT2D eigenvalue weighted by Crippen LogP contribution is 2.15. The molecule has 0 aliphatic heterocycles. The molecule has 0 bridgehead atoms. The summed E-state index contributed by atoms with van der Waals surface area (Å²) < 4.78 is 27.9. The molecular weight excluding hydrogens is 322 g/mol. The monoisotopic (exact) mass is 337 g/mol. The van der Waals surface area contributed by atoms with Crippen LogP contribution in [0.2, 0.25) is 0 Å². The van der Waals surface area contributed by atoms with E-state index >= 15 is 0 Å². The molecule has 0 fully saturated rings. The maximum Gasteiger partial charge on any atom is 0.362 e. The molecule has 0 aliphatic rings. The van der Waals surface area contributed by atoms with E-state index in [1.807, 2.05) is 6.92 Å². The van der Waals surface area contributed by atoms with E-state index in [4.69, 9.17) is 5.11 Å². The zero-order chi connectivity index (χ0) is 16.9. The first-order chi connectivity index (χ1) is 10.9. The number of benzene rings is 2. The molecule has 0 saturated carbocycles. The third kappa shape index (κ3) is 4.97. The normalized spacial score (nSPS) is 11.0. The molecule has 7 nitrogen and oxygen atoms in total. The number of anilines is 1. The molecule has 0 heterocycles.